The van der Waals surface area contributed by atoms with Crippen molar-refractivity contribution in [2.75, 3.05) is 10.4 Å². The van der Waals surface area contributed by atoms with Crippen LogP contribution >= 0.6 is 15.9 Å². The van der Waals surface area contributed by atoms with Crippen LogP contribution in [0.2, 0.25) is 0 Å². The van der Waals surface area contributed by atoms with Gasteiger partial charge >= 0.3 is 0 Å². The van der Waals surface area contributed by atoms with Crippen LogP contribution in [0.1, 0.15) is 71.1 Å². The van der Waals surface area contributed by atoms with Crippen molar-refractivity contribution in [3.63, 3.8) is 0 Å². The molecular weight excluding hydrogens is 324 g/mol. The van der Waals surface area contributed by atoms with Gasteiger partial charge in [0, 0.05) is 0 Å². The molecule has 0 radical (unpaired) electrons. The first kappa shape index (κ1) is 19.2. The number of hydrogen-bond acceptors (Lipinski definition) is 2. The van der Waals surface area contributed by atoms with Crippen LogP contribution in [0.25, 0.3) is 0 Å². The van der Waals surface area contributed by atoms with Crippen LogP contribution in [0.15, 0.2) is 12.2 Å². The summed E-state index contributed by atoms with van der Waals surface area (Å²) < 4.78 is 22.5. The third-order valence-electron chi connectivity index (χ3n) is 3.13. The van der Waals surface area contributed by atoms with Gasteiger partial charge in [-0.2, -0.15) is 0 Å². The number of unbranched alkanes of at least 4 members (excludes halogenated alkanes) is 8. The van der Waals surface area contributed by atoms with Crippen molar-refractivity contribution in [2.24, 2.45) is 0 Å². The van der Waals surface area contributed by atoms with Gasteiger partial charge in [0.1, 0.15) is 4.66 Å². The van der Waals surface area contributed by atoms with Gasteiger partial charge in [-0.1, -0.05) is 67.1 Å². The molecule has 0 aliphatic rings. The fraction of sp³-hybridized carbons (Fsp3) is 0.867. The van der Waals surface area contributed by atoms with Crippen LogP contribution < -0.4 is 0 Å². The van der Waals surface area contributed by atoms with Crippen molar-refractivity contribution in [3.05, 3.63) is 12.2 Å². The van der Waals surface area contributed by atoms with E-state index in [1.807, 2.05) is 0 Å². The molecule has 0 aromatic heterocycles. The summed E-state index contributed by atoms with van der Waals surface area (Å²) in [7, 11) is -2.83. The van der Waals surface area contributed by atoms with Crippen molar-refractivity contribution < 1.29 is 8.42 Å². The van der Waals surface area contributed by atoms with E-state index in [1.54, 1.807) is 0 Å². The van der Waals surface area contributed by atoms with Crippen LogP contribution in [0, 0.1) is 0 Å². The van der Waals surface area contributed by atoms with E-state index in [4.69, 9.17) is 0 Å². The maximum atomic E-state index is 11.2. The Kier molecular flexibility index (Phi) is 13.3. The molecule has 0 spiro atoms. The zero-order chi connectivity index (χ0) is 14.4. The van der Waals surface area contributed by atoms with E-state index in [0.29, 0.717) is 5.75 Å². The third-order valence-corrected chi connectivity index (χ3v) is 6.47. The molecule has 0 aliphatic heterocycles. The first-order chi connectivity index (χ1) is 9.12. The van der Waals surface area contributed by atoms with E-state index in [2.05, 4.69) is 35.0 Å². The Hall–Kier alpha value is 0.170. The van der Waals surface area contributed by atoms with Gasteiger partial charge in [0.2, 0.25) is 0 Å². The molecule has 0 fully saturated rings. The highest BCUT2D eigenvalue weighted by molar-refractivity contribution is 9.10. The average Bonchev–Trinajstić information content (AvgIpc) is 2.40. The summed E-state index contributed by atoms with van der Waals surface area (Å²) in [5, 5.41) is 0. The van der Waals surface area contributed by atoms with Crippen LogP contribution in [-0.2, 0) is 9.84 Å². The minimum Gasteiger partial charge on any atom is -0.228 e. The van der Waals surface area contributed by atoms with Gasteiger partial charge in [0.25, 0.3) is 0 Å². The SMILES string of the molecule is CCCCCC/C=C/CCCCCCS(=O)(=O)CBr. The number of allylic oxidation sites excluding steroid dienone is 2. The Bertz CT molecular complexity index is 310. The first-order valence-corrected chi connectivity index (χ1v) is 10.5. The predicted octanol–water partition coefficient (Wildman–Crippen LogP) is 5.23. The maximum absolute atomic E-state index is 11.2. The minimum absolute atomic E-state index is 0.0980. The standard InChI is InChI=1S/C15H29BrO2S/c1-2-3-4-5-6-7-8-9-10-11-12-13-14-19(17,18)15-16/h7-8H,2-6,9-15H2,1H3/b8-7+. The second kappa shape index (κ2) is 13.2. The molecule has 0 saturated heterocycles. The summed E-state index contributed by atoms with van der Waals surface area (Å²) in [4.78, 5) is 0. The Morgan fingerprint density at radius 2 is 1.37 bits per heavy atom. The average molecular weight is 353 g/mol. The summed E-state index contributed by atoms with van der Waals surface area (Å²) in [6.45, 7) is 2.24. The number of hydrogen-bond donors (Lipinski definition) is 0. The third kappa shape index (κ3) is 14.4. The molecule has 0 N–H and O–H groups in total. The quantitative estimate of drug-likeness (QED) is 0.258. The number of sulfone groups is 1. The molecule has 2 nitrogen and oxygen atoms in total. The Labute approximate surface area is 128 Å². The van der Waals surface area contributed by atoms with E-state index in [-0.39, 0.29) is 4.66 Å². The van der Waals surface area contributed by atoms with Gasteiger partial charge < -0.3 is 0 Å². The molecule has 0 saturated carbocycles. The van der Waals surface area contributed by atoms with Crippen molar-refractivity contribution in [1.29, 1.82) is 0 Å². The fourth-order valence-electron chi connectivity index (χ4n) is 1.92. The smallest absolute Gasteiger partial charge is 0.160 e. The normalized spacial score (nSPS) is 12.3. The molecule has 19 heavy (non-hydrogen) atoms. The van der Waals surface area contributed by atoms with Gasteiger partial charge in [-0.15, -0.1) is 0 Å². The van der Waals surface area contributed by atoms with Gasteiger partial charge in [0.05, 0.1) is 5.75 Å². The molecule has 0 amide bonds. The second-order valence-electron chi connectivity index (χ2n) is 5.08. The highest BCUT2D eigenvalue weighted by Crippen LogP contribution is 2.08. The highest BCUT2D eigenvalue weighted by atomic mass is 79.9. The molecule has 0 unspecified atom stereocenters. The van der Waals surface area contributed by atoms with Crippen molar-refractivity contribution in [1.82, 2.24) is 0 Å². The second-order valence-corrected chi connectivity index (χ2v) is 8.57. The maximum Gasteiger partial charge on any atom is 0.160 e. The van der Waals surface area contributed by atoms with Crippen LogP contribution in [0.4, 0.5) is 0 Å². The molecule has 0 heterocycles. The van der Waals surface area contributed by atoms with Crippen molar-refractivity contribution in [2.45, 2.75) is 71.1 Å². The molecule has 0 aromatic rings. The topological polar surface area (TPSA) is 34.1 Å². The van der Waals surface area contributed by atoms with E-state index in [0.717, 1.165) is 25.7 Å². The molecule has 0 aliphatic carbocycles. The zero-order valence-electron chi connectivity index (χ0n) is 12.2. The van der Waals surface area contributed by atoms with E-state index < -0.39 is 9.84 Å². The zero-order valence-corrected chi connectivity index (χ0v) is 14.6. The molecule has 0 aromatic carbocycles. The Balaban J connectivity index is 3.25. The van der Waals surface area contributed by atoms with Crippen LogP contribution in [-0.4, -0.2) is 18.8 Å². The molecular formula is C15H29BrO2S. The fourth-order valence-corrected chi connectivity index (χ4v) is 3.36. The first-order valence-electron chi connectivity index (χ1n) is 7.53. The molecule has 0 atom stereocenters. The van der Waals surface area contributed by atoms with Gasteiger partial charge in [-0.25, -0.2) is 8.42 Å². The Morgan fingerprint density at radius 3 is 1.89 bits per heavy atom. The number of halogens is 1. The van der Waals surface area contributed by atoms with Gasteiger partial charge in [0.15, 0.2) is 9.84 Å². The molecule has 0 bridgehead atoms. The summed E-state index contributed by atoms with van der Waals surface area (Å²) in [5.41, 5.74) is 0. The van der Waals surface area contributed by atoms with E-state index in [9.17, 15) is 8.42 Å². The molecule has 0 rings (SSSR count). The molecule has 114 valence electrons. The summed E-state index contributed by atoms with van der Waals surface area (Å²) in [5.74, 6) is 0.325. The lowest BCUT2D eigenvalue weighted by atomic mass is 10.1. The largest absolute Gasteiger partial charge is 0.228 e. The monoisotopic (exact) mass is 352 g/mol. The van der Waals surface area contributed by atoms with Crippen LogP contribution in [0.5, 0.6) is 0 Å². The van der Waals surface area contributed by atoms with Crippen molar-refractivity contribution in [3.8, 4) is 0 Å². The van der Waals surface area contributed by atoms with E-state index >= 15 is 0 Å². The van der Waals surface area contributed by atoms with Gasteiger partial charge in [-0.3, -0.25) is 0 Å². The van der Waals surface area contributed by atoms with Gasteiger partial charge in [-0.05, 0) is 32.1 Å². The summed E-state index contributed by atoms with van der Waals surface area (Å²) in [6.07, 6.45) is 16.4. The van der Waals surface area contributed by atoms with Crippen molar-refractivity contribution >= 4 is 25.8 Å². The lowest BCUT2D eigenvalue weighted by Gasteiger charge is -2.00. The Morgan fingerprint density at radius 1 is 0.842 bits per heavy atom. The van der Waals surface area contributed by atoms with Crippen LogP contribution in [0.3, 0.4) is 0 Å². The lowest BCUT2D eigenvalue weighted by Crippen LogP contribution is -2.06. The summed E-state index contributed by atoms with van der Waals surface area (Å²) >= 11 is 3.01. The number of rotatable bonds is 13. The molecule has 4 heteroatoms. The lowest BCUT2D eigenvalue weighted by molar-refractivity contribution is 0.592. The van der Waals surface area contributed by atoms with E-state index in [1.165, 1.54) is 38.5 Å². The summed E-state index contributed by atoms with van der Waals surface area (Å²) in [6, 6.07) is 0. The number of alkyl halides is 1. The minimum atomic E-state index is -2.83. The predicted molar refractivity (Wildman–Crippen MR) is 88.6 cm³/mol. The highest BCUT2D eigenvalue weighted by Gasteiger charge is 2.06.